The van der Waals surface area contributed by atoms with Gasteiger partial charge in [-0.05, 0) is 44.4 Å². The summed E-state index contributed by atoms with van der Waals surface area (Å²) >= 11 is 0. The first-order valence-corrected chi connectivity index (χ1v) is 5.81. The summed E-state index contributed by atoms with van der Waals surface area (Å²) in [6.45, 7) is 6.66. The van der Waals surface area contributed by atoms with Gasteiger partial charge in [-0.3, -0.25) is 0 Å². The summed E-state index contributed by atoms with van der Waals surface area (Å²) in [6.07, 6.45) is 4.77. The van der Waals surface area contributed by atoms with E-state index < -0.39 is 0 Å². The molecule has 2 heteroatoms. The second-order valence-electron chi connectivity index (χ2n) is 4.06. The first kappa shape index (κ1) is 12.9. The molecule has 1 aromatic carbocycles. The maximum atomic E-state index is 13.3. The zero-order valence-corrected chi connectivity index (χ0v) is 9.88. The summed E-state index contributed by atoms with van der Waals surface area (Å²) in [5.74, 6) is -0.108. The summed E-state index contributed by atoms with van der Waals surface area (Å²) in [7, 11) is 0. The Hall–Kier alpha value is -1.15. The summed E-state index contributed by atoms with van der Waals surface area (Å²) < 4.78 is 13.3. The van der Waals surface area contributed by atoms with Crippen LogP contribution in [0.3, 0.4) is 0 Å². The van der Waals surface area contributed by atoms with Gasteiger partial charge in [-0.1, -0.05) is 24.3 Å². The highest BCUT2D eigenvalue weighted by Gasteiger charge is 2.02. The zero-order valence-electron chi connectivity index (χ0n) is 9.88. The summed E-state index contributed by atoms with van der Waals surface area (Å²) in [5, 5.41) is 3.38. The first-order chi connectivity index (χ1) is 7.74. The van der Waals surface area contributed by atoms with Gasteiger partial charge in [0.05, 0.1) is 0 Å². The molecular formula is C14H20FN. The topological polar surface area (TPSA) is 12.0 Å². The Morgan fingerprint density at radius 3 is 2.88 bits per heavy atom. The molecule has 0 saturated heterocycles. The fourth-order valence-electron chi connectivity index (χ4n) is 1.62. The van der Waals surface area contributed by atoms with Gasteiger partial charge >= 0.3 is 0 Å². The molecule has 0 spiro atoms. The van der Waals surface area contributed by atoms with Crippen LogP contribution in [-0.4, -0.2) is 12.6 Å². The molecule has 1 unspecified atom stereocenters. The molecule has 1 aromatic rings. The molecule has 0 aliphatic rings. The summed E-state index contributed by atoms with van der Waals surface area (Å²) in [5.41, 5.74) is 0.783. The molecule has 0 aliphatic carbocycles. The quantitative estimate of drug-likeness (QED) is 0.696. The highest BCUT2D eigenvalue weighted by Crippen LogP contribution is 2.06. The third-order valence-electron chi connectivity index (χ3n) is 2.65. The molecule has 0 fully saturated rings. The van der Waals surface area contributed by atoms with E-state index in [2.05, 4.69) is 18.8 Å². The minimum absolute atomic E-state index is 0.108. The Bertz CT molecular complexity index is 322. The van der Waals surface area contributed by atoms with Crippen molar-refractivity contribution in [2.45, 2.75) is 32.2 Å². The van der Waals surface area contributed by atoms with Crippen LogP contribution < -0.4 is 5.32 Å². The number of nitrogens with one attached hydrogen (secondary N) is 1. The second kappa shape index (κ2) is 7.18. The van der Waals surface area contributed by atoms with Gasteiger partial charge in [-0.15, -0.1) is 6.58 Å². The summed E-state index contributed by atoms with van der Waals surface area (Å²) in [6, 6.07) is 7.41. The molecule has 16 heavy (non-hydrogen) atoms. The number of rotatable bonds is 7. The Balaban J connectivity index is 2.25. The molecule has 0 heterocycles. The number of allylic oxidation sites excluding steroid dienone is 1. The van der Waals surface area contributed by atoms with E-state index in [0.29, 0.717) is 6.04 Å². The predicted molar refractivity (Wildman–Crippen MR) is 67.0 cm³/mol. The number of hydrogen-bond acceptors (Lipinski definition) is 1. The van der Waals surface area contributed by atoms with Gasteiger partial charge in [0, 0.05) is 6.04 Å². The lowest BCUT2D eigenvalue weighted by Crippen LogP contribution is -2.28. The zero-order chi connectivity index (χ0) is 11.8. The first-order valence-electron chi connectivity index (χ1n) is 5.81. The lowest BCUT2D eigenvalue weighted by atomic mass is 10.1. The fraction of sp³-hybridized carbons (Fsp3) is 0.429. The molecule has 0 radical (unpaired) electrons. The normalized spacial score (nSPS) is 12.4. The van der Waals surface area contributed by atoms with Crippen LogP contribution in [0.15, 0.2) is 36.9 Å². The van der Waals surface area contributed by atoms with Crippen molar-refractivity contribution in [1.82, 2.24) is 5.32 Å². The Morgan fingerprint density at radius 1 is 1.44 bits per heavy atom. The lowest BCUT2D eigenvalue weighted by molar-refractivity contribution is 0.515. The third kappa shape index (κ3) is 4.58. The van der Waals surface area contributed by atoms with Gasteiger partial charge < -0.3 is 5.32 Å². The molecule has 0 amide bonds. The average Bonchev–Trinajstić information content (AvgIpc) is 2.29. The van der Waals surface area contributed by atoms with Gasteiger partial charge in [0.15, 0.2) is 0 Å². The molecule has 88 valence electrons. The highest BCUT2D eigenvalue weighted by molar-refractivity contribution is 5.17. The molecule has 0 bridgehead atoms. The minimum Gasteiger partial charge on any atom is -0.314 e. The predicted octanol–water partition coefficient (Wildman–Crippen LogP) is 3.31. The van der Waals surface area contributed by atoms with Crippen molar-refractivity contribution in [1.29, 1.82) is 0 Å². The van der Waals surface area contributed by atoms with E-state index in [9.17, 15) is 4.39 Å². The maximum Gasteiger partial charge on any atom is 0.126 e. The number of hydrogen-bond donors (Lipinski definition) is 1. The smallest absolute Gasteiger partial charge is 0.126 e. The van der Waals surface area contributed by atoms with Crippen LogP contribution in [0.1, 0.15) is 25.3 Å². The van der Waals surface area contributed by atoms with Gasteiger partial charge in [0.25, 0.3) is 0 Å². The van der Waals surface area contributed by atoms with Crippen molar-refractivity contribution in [3.05, 3.63) is 48.3 Å². The van der Waals surface area contributed by atoms with Gasteiger partial charge in [-0.2, -0.15) is 0 Å². The van der Waals surface area contributed by atoms with E-state index >= 15 is 0 Å². The Kier molecular flexibility index (Phi) is 5.79. The maximum absolute atomic E-state index is 13.3. The van der Waals surface area contributed by atoms with Gasteiger partial charge in [0.2, 0.25) is 0 Å². The van der Waals surface area contributed by atoms with E-state index in [1.54, 1.807) is 6.07 Å². The van der Waals surface area contributed by atoms with Crippen LogP contribution in [-0.2, 0) is 6.42 Å². The van der Waals surface area contributed by atoms with Crippen LogP contribution in [0.4, 0.5) is 4.39 Å². The molecule has 0 aliphatic heterocycles. The summed E-state index contributed by atoms with van der Waals surface area (Å²) in [4.78, 5) is 0. The second-order valence-corrected chi connectivity index (χ2v) is 4.06. The minimum atomic E-state index is -0.108. The molecule has 1 N–H and O–H groups in total. The average molecular weight is 221 g/mol. The molecule has 1 nitrogen and oxygen atoms in total. The van der Waals surface area contributed by atoms with E-state index in [1.165, 1.54) is 6.07 Å². The molecule has 1 rings (SSSR count). The van der Waals surface area contributed by atoms with Gasteiger partial charge in [0.1, 0.15) is 5.82 Å². The van der Waals surface area contributed by atoms with E-state index in [-0.39, 0.29) is 5.82 Å². The fourth-order valence-corrected chi connectivity index (χ4v) is 1.62. The Morgan fingerprint density at radius 2 is 2.19 bits per heavy atom. The van der Waals surface area contributed by atoms with E-state index in [4.69, 9.17) is 0 Å². The van der Waals surface area contributed by atoms with Crippen LogP contribution in [0.5, 0.6) is 0 Å². The lowest BCUT2D eigenvalue weighted by Gasteiger charge is -2.12. The van der Waals surface area contributed by atoms with Crippen molar-refractivity contribution < 1.29 is 4.39 Å². The Labute approximate surface area is 97.4 Å². The largest absolute Gasteiger partial charge is 0.314 e. The van der Waals surface area contributed by atoms with Crippen LogP contribution in [0, 0.1) is 5.82 Å². The number of benzene rings is 1. The van der Waals surface area contributed by atoms with Crippen molar-refractivity contribution in [2.75, 3.05) is 6.54 Å². The van der Waals surface area contributed by atoms with Crippen molar-refractivity contribution >= 4 is 0 Å². The molecule has 0 aromatic heterocycles. The monoisotopic (exact) mass is 221 g/mol. The van der Waals surface area contributed by atoms with Crippen molar-refractivity contribution in [3.8, 4) is 0 Å². The highest BCUT2D eigenvalue weighted by atomic mass is 19.1. The van der Waals surface area contributed by atoms with Crippen molar-refractivity contribution in [3.63, 3.8) is 0 Å². The van der Waals surface area contributed by atoms with Gasteiger partial charge in [-0.25, -0.2) is 4.39 Å². The van der Waals surface area contributed by atoms with Crippen LogP contribution in [0.25, 0.3) is 0 Å². The van der Waals surface area contributed by atoms with E-state index in [1.807, 2.05) is 18.2 Å². The number of halogens is 1. The SMILES string of the molecule is C=CCCC(C)NCCc1ccccc1F. The molecular weight excluding hydrogens is 201 g/mol. The third-order valence-corrected chi connectivity index (χ3v) is 2.65. The van der Waals surface area contributed by atoms with Crippen molar-refractivity contribution in [2.24, 2.45) is 0 Å². The molecule has 0 saturated carbocycles. The van der Waals surface area contributed by atoms with E-state index in [0.717, 1.165) is 31.4 Å². The van der Waals surface area contributed by atoms with Crippen LogP contribution >= 0.6 is 0 Å². The standard InChI is InChI=1S/C14H20FN/c1-3-4-7-12(2)16-11-10-13-8-5-6-9-14(13)15/h3,5-6,8-9,12,16H,1,4,7,10-11H2,2H3. The van der Waals surface area contributed by atoms with Crippen LogP contribution in [0.2, 0.25) is 0 Å². The molecule has 1 atom stereocenters.